The molecule has 0 bridgehead atoms. The van der Waals surface area contributed by atoms with E-state index in [2.05, 4.69) is 45.0 Å². The Morgan fingerprint density at radius 2 is 1.81 bits per heavy atom. The molecule has 0 aromatic heterocycles. The molecule has 2 aliphatic rings. The van der Waals surface area contributed by atoms with E-state index in [1.54, 1.807) is 0 Å². The van der Waals surface area contributed by atoms with Crippen LogP contribution in [0.1, 0.15) is 57.1 Å². The lowest BCUT2D eigenvalue weighted by Crippen LogP contribution is -2.39. The topological polar surface area (TPSA) is 46.6 Å². The number of amides is 2. The van der Waals surface area contributed by atoms with E-state index in [0.29, 0.717) is 31.2 Å². The van der Waals surface area contributed by atoms with E-state index in [1.807, 2.05) is 0 Å². The van der Waals surface area contributed by atoms with E-state index in [-0.39, 0.29) is 17.4 Å². The zero-order chi connectivity index (χ0) is 18.7. The number of benzene rings is 1. The Hall–Kier alpha value is -1.68. The van der Waals surface area contributed by atoms with Crippen LogP contribution in [-0.2, 0) is 20.7 Å². The summed E-state index contributed by atoms with van der Waals surface area (Å²) in [5.41, 5.74) is 2.52. The van der Waals surface area contributed by atoms with Crippen LogP contribution in [0.5, 0.6) is 0 Å². The van der Waals surface area contributed by atoms with Crippen LogP contribution in [-0.4, -0.2) is 35.5 Å². The van der Waals surface area contributed by atoms with Gasteiger partial charge in [0, 0.05) is 26.0 Å². The number of carbonyl (C=O) groups excluding carboxylic acids is 2. The van der Waals surface area contributed by atoms with Gasteiger partial charge in [0.15, 0.2) is 0 Å². The third-order valence-corrected chi connectivity index (χ3v) is 5.90. The van der Waals surface area contributed by atoms with Crippen LogP contribution >= 0.6 is 0 Å². The van der Waals surface area contributed by atoms with Crippen LogP contribution in [0, 0.1) is 18.8 Å². The predicted octanol–water partition coefficient (Wildman–Crippen LogP) is 3.90. The van der Waals surface area contributed by atoms with Crippen LogP contribution in [0.2, 0.25) is 0 Å². The van der Waals surface area contributed by atoms with E-state index in [0.717, 1.165) is 32.3 Å². The number of aryl methyl sites for hydroxylation is 1. The predicted molar refractivity (Wildman–Crippen MR) is 102 cm³/mol. The number of ether oxygens (including phenoxy) is 1. The standard InChI is InChI=1S/C22H31NO3/c1-16-4-6-17(7-5-16)14-18(19-11-13-26-22(2,3)15-19)10-12-23-20(24)8-9-21(23)25/h4-7,18-19H,8-15H2,1-3H3/t18-,19-/m0/s1. The summed E-state index contributed by atoms with van der Waals surface area (Å²) < 4.78 is 5.91. The van der Waals surface area contributed by atoms with Gasteiger partial charge in [-0.1, -0.05) is 29.8 Å². The molecular weight excluding hydrogens is 326 g/mol. The molecule has 0 spiro atoms. The molecule has 2 fully saturated rings. The van der Waals surface area contributed by atoms with E-state index in [4.69, 9.17) is 4.74 Å². The molecule has 2 aliphatic heterocycles. The molecule has 0 radical (unpaired) electrons. The number of nitrogens with zero attached hydrogens (tertiary/aromatic N) is 1. The van der Waals surface area contributed by atoms with Crippen molar-refractivity contribution in [2.24, 2.45) is 11.8 Å². The van der Waals surface area contributed by atoms with Gasteiger partial charge in [0.25, 0.3) is 0 Å². The average Bonchev–Trinajstić information content (AvgIpc) is 2.91. The Labute approximate surface area is 156 Å². The minimum absolute atomic E-state index is 0.00334. The van der Waals surface area contributed by atoms with Crippen LogP contribution in [0.15, 0.2) is 24.3 Å². The second-order valence-electron chi connectivity index (χ2n) is 8.54. The smallest absolute Gasteiger partial charge is 0.229 e. The number of hydrogen-bond donors (Lipinski definition) is 0. The summed E-state index contributed by atoms with van der Waals surface area (Å²) in [6.45, 7) is 7.79. The molecule has 1 aromatic carbocycles. The molecule has 4 nitrogen and oxygen atoms in total. The first-order chi connectivity index (χ1) is 12.3. The molecule has 1 aromatic rings. The van der Waals surface area contributed by atoms with E-state index in [9.17, 15) is 9.59 Å². The van der Waals surface area contributed by atoms with Gasteiger partial charge in [-0.3, -0.25) is 14.5 Å². The fourth-order valence-electron chi connectivity index (χ4n) is 4.38. The van der Waals surface area contributed by atoms with Gasteiger partial charge in [0.05, 0.1) is 5.60 Å². The normalized spacial score (nSPS) is 24.1. The lowest BCUT2D eigenvalue weighted by Gasteiger charge is -2.39. The van der Waals surface area contributed by atoms with Gasteiger partial charge < -0.3 is 4.74 Å². The number of rotatable bonds is 6. The summed E-state index contributed by atoms with van der Waals surface area (Å²) in [7, 11) is 0. The van der Waals surface area contributed by atoms with Gasteiger partial charge in [-0.15, -0.1) is 0 Å². The molecule has 142 valence electrons. The fraction of sp³-hybridized carbons (Fsp3) is 0.636. The molecule has 0 unspecified atom stereocenters. The monoisotopic (exact) mass is 357 g/mol. The molecule has 0 saturated carbocycles. The quantitative estimate of drug-likeness (QED) is 0.726. The molecule has 3 rings (SSSR count). The molecule has 0 N–H and O–H groups in total. The largest absolute Gasteiger partial charge is 0.376 e. The van der Waals surface area contributed by atoms with E-state index in [1.165, 1.54) is 16.0 Å². The Balaban J connectivity index is 1.71. The van der Waals surface area contributed by atoms with Crippen molar-refractivity contribution >= 4 is 11.8 Å². The summed E-state index contributed by atoms with van der Waals surface area (Å²) in [4.78, 5) is 25.4. The highest BCUT2D eigenvalue weighted by molar-refractivity contribution is 6.01. The highest BCUT2D eigenvalue weighted by Crippen LogP contribution is 2.36. The summed E-state index contributed by atoms with van der Waals surface area (Å²) in [5.74, 6) is 1.02. The van der Waals surface area contributed by atoms with Gasteiger partial charge >= 0.3 is 0 Å². The van der Waals surface area contributed by atoms with Crippen molar-refractivity contribution in [3.05, 3.63) is 35.4 Å². The molecule has 2 atom stereocenters. The van der Waals surface area contributed by atoms with Crippen molar-refractivity contribution in [1.82, 2.24) is 4.90 Å². The highest BCUT2D eigenvalue weighted by Gasteiger charge is 2.35. The Bertz CT molecular complexity index is 634. The van der Waals surface area contributed by atoms with Gasteiger partial charge in [-0.05, 0) is 63.9 Å². The van der Waals surface area contributed by atoms with Crippen LogP contribution in [0.3, 0.4) is 0 Å². The van der Waals surface area contributed by atoms with Crippen molar-refractivity contribution in [3.8, 4) is 0 Å². The summed E-state index contributed by atoms with van der Waals surface area (Å²) in [6.07, 6.45) is 4.73. The van der Waals surface area contributed by atoms with Gasteiger partial charge in [-0.2, -0.15) is 0 Å². The number of carbonyl (C=O) groups is 2. The Morgan fingerprint density at radius 3 is 2.42 bits per heavy atom. The molecule has 0 aliphatic carbocycles. The lowest BCUT2D eigenvalue weighted by atomic mass is 9.75. The molecule has 2 heterocycles. The van der Waals surface area contributed by atoms with Crippen molar-refractivity contribution in [1.29, 1.82) is 0 Å². The molecule has 2 amide bonds. The van der Waals surface area contributed by atoms with Gasteiger partial charge in [0.2, 0.25) is 11.8 Å². The van der Waals surface area contributed by atoms with Crippen molar-refractivity contribution in [2.45, 2.75) is 64.9 Å². The maximum Gasteiger partial charge on any atom is 0.229 e. The molecular formula is C22H31NO3. The van der Waals surface area contributed by atoms with Crippen molar-refractivity contribution in [3.63, 3.8) is 0 Å². The first kappa shape index (κ1) is 19.1. The Morgan fingerprint density at radius 1 is 1.15 bits per heavy atom. The second-order valence-corrected chi connectivity index (χ2v) is 8.54. The van der Waals surface area contributed by atoms with Gasteiger partial charge in [-0.25, -0.2) is 0 Å². The second kappa shape index (κ2) is 7.91. The third kappa shape index (κ3) is 4.73. The first-order valence-electron chi connectivity index (χ1n) is 9.87. The third-order valence-electron chi connectivity index (χ3n) is 5.90. The Kier molecular flexibility index (Phi) is 5.81. The number of hydrogen-bond acceptors (Lipinski definition) is 3. The maximum atomic E-state index is 12.0. The van der Waals surface area contributed by atoms with Gasteiger partial charge in [0.1, 0.15) is 0 Å². The number of likely N-dealkylation sites (tertiary alicyclic amines) is 1. The zero-order valence-corrected chi connectivity index (χ0v) is 16.3. The SMILES string of the molecule is Cc1ccc(C[C@H](CCN2C(=O)CCC2=O)[C@H]2CCOC(C)(C)C2)cc1. The molecule has 26 heavy (non-hydrogen) atoms. The van der Waals surface area contributed by atoms with Crippen LogP contribution in [0.25, 0.3) is 0 Å². The zero-order valence-electron chi connectivity index (χ0n) is 16.3. The summed E-state index contributed by atoms with van der Waals surface area (Å²) >= 11 is 0. The minimum Gasteiger partial charge on any atom is -0.376 e. The molecule has 2 saturated heterocycles. The van der Waals surface area contributed by atoms with Crippen molar-refractivity contribution < 1.29 is 14.3 Å². The van der Waals surface area contributed by atoms with Crippen molar-refractivity contribution in [2.75, 3.05) is 13.2 Å². The average molecular weight is 357 g/mol. The highest BCUT2D eigenvalue weighted by atomic mass is 16.5. The minimum atomic E-state index is -0.0896. The van der Waals surface area contributed by atoms with E-state index >= 15 is 0 Å². The van der Waals surface area contributed by atoms with Crippen LogP contribution < -0.4 is 0 Å². The van der Waals surface area contributed by atoms with Crippen LogP contribution in [0.4, 0.5) is 0 Å². The first-order valence-corrected chi connectivity index (χ1v) is 9.87. The fourth-order valence-corrected chi connectivity index (χ4v) is 4.38. The lowest BCUT2D eigenvalue weighted by molar-refractivity contribution is -0.138. The molecule has 4 heteroatoms. The summed E-state index contributed by atoms with van der Waals surface area (Å²) in [5, 5.41) is 0. The van der Waals surface area contributed by atoms with E-state index < -0.39 is 0 Å². The number of imide groups is 1. The summed E-state index contributed by atoms with van der Waals surface area (Å²) in [6, 6.07) is 8.74. The maximum absolute atomic E-state index is 12.0.